The summed E-state index contributed by atoms with van der Waals surface area (Å²) in [7, 11) is 0. The van der Waals surface area contributed by atoms with Crippen molar-refractivity contribution in [1.29, 1.82) is 0 Å². The van der Waals surface area contributed by atoms with Crippen LogP contribution in [0, 0.1) is 5.92 Å². The quantitative estimate of drug-likeness (QED) is 0.744. The maximum Gasteiger partial charge on any atom is 0.0730 e. The molecule has 1 atom stereocenters. The molecule has 0 fully saturated rings. The second kappa shape index (κ2) is 4.97. The molecule has 13 heavy (non-hydrogen) atoms. The molecule has 0 bridgehead atoms. The van der Waals surface area contributed by atoms with E-state index in [2.05, 4.69) is 31.2 Å². The number of nitrogens with two attached hydrogens (primary N) is 1. The summed E-state index contributed by atoms with van der Waals surface area (Å²) in [6, 6.07) is 10.4. The molecule has 0 saturated heterocycles. The van der Waals surface area contributed by atoms with E-state index in [1.54, 1.807) is 0 Å². The van der Waals surface area contributed by atoms with E-state index in [0.29, 0.717) is 10.9 Å². The van der Waals surface area contributed by atoms with E-state index in [9.17, 15) is 0 Å². The Morgan fingerprint density at radius 2 is 2.00 bits per heavy atom. The standard InChI is InChI=1S/C11H15NS/c1-9(8-11(12)13)7-10-5-3-2-4-6-10/h2-6,9H,7-8H2,1H3,(H2,12,13). The molecule has 0 aromatic heterocycles. The van der Waals surface area contributed by atoms with Gasteiger partial charge in [-0.3, -0.25) is 0 Å². The van der Waals surface area contributed by atoms with Crippen molar-refractivity contribution < 1.29 is 0 Å². The summed E-state index contributed by atoms with van der Waals surface area (Å²) < 4.78 is 0. The van der Waals surface area contributed by atoms with Crippen LogP contribution in [0.15, 0.2) is 30.3 Å². The third-order valence-corrected chi connectivity index (χ3v) is 2.14. The maximum absolute atomic E-state index is 5.48. The number of rotatable bonds is 4. The molecule has 0 aliphatic carbocycles. The van der Waals surface area contributed by atoms with Crippen LogP contribution in [-0.4, -0.2) is 4.99 Å². The van der Waals surface area contributed by atoms with Crippen LogP contribution >= 0.6 is 12.2 Å². The lowest BCUT2D eigenvalue weighted by molar-refractivity contribution is 0.607. The molecule has 1 nitrogen and oxygen atoms in total. The highest BCUT2D eigenvalue weighted by Crippen LogP contribution is 2.11. The Hall–Kier alpha value is -0.890. The van der Waals surface area contributed by atoms with E-state index in [0.717, 1.165) is 12.8 Å². The van der Waals surface area contributed by atoms with Crippen LogP contribution in [0.25, 0.3) is 0 Å². The van der Waals surface area contributed by atoms with E-state index in [1.165, 1.54) is 5.56 Å². The van der Waals surface area contributed by atoms with E-state index in [4.69, 9.17) is 18.0 Å². The van der Waals surface area contributed by atoms with E-state index < -0.39 is 0 Å². The summed E-state index contributed by atoms with van der Waals surface area (Å²) in [5, 5.41) is 0. The molecule has 0 radical (unpaired) electrons. The van der Waals surface area contributed by atoms with Crippen molar-refractivity contribution in [3.63, 3.8) is 0 Å². The lowest BCUT2D eigenvalue weighted by Gasteiger charge is -2.09. The van der Waals surface area contributed by atoms with Gasteiger partial charge in [-0.2, -0.15) is 0 Å². The monoisotopic (exact) mass is 193 g/mol. The van der Waals surface area contributed by atoms with Crippen LogP contribution in [0.5, 0.6) is 0 Å². The number of hydrogen-bond donors (Lipinski definition) is 1. The minimum Gasteiger partial charge on any atom is -0.393 e. The Bertz CT molecular complexity index is 269. The molecule has 0 saturated carbocycles. The summed E-state index contributed by atoms with van der Waals surface area (Å²) >= 11 is 4.87. The molecule has 2 N–H and O–H groups in total. The molecule has 1 aromatic rings. The van der Waals surface area contributed by atoms with Gasteiger partial charge in [-0.15, -0.1) is 0 Å². The lowest BCUT2D eigenvalue weighted by atomic mass is 9.98. The van der Waals surface area contributed by atoms with E-state index in [1.807, 2.05) is 6.07 Å². The van der Waals surface area contributed by atoms with Crippen LogP contribution in [-0.2, 0) is 6.42 Å². The fourth-order valence-corrected chi connectivity index (χ4v) is 1.72. The minimum absolute atomic E-state index is 0.542. The number of hydrogen-bond acceptors (Lipinski definition) is 1. The van der Waals surface area contributed by atoms with Gasteiger partial charge >= 0.3 is 0 Å². The first kappa shape index (κ1) is 10.2. The zero-order valence-corrected chi connectivity index (χ0v) is 8.68. The van der Waals surface area contributed by atoms with Gasteiger partial charge in [0.1, 0.15) is 0 Å². The highest BCUT2D eigenvalue weighted by atomic mass is 32.1. The summed E-state index contributed by atoms with van der Waals surface area (Å²) in [4.78, 5) is 0.614. The molecule has 0 spiro atoms. The van der Waals surface area contributed by atoms with Crippen molar-refractivity contribution in [1.82, 2.24) is 0 Å². The normalized spacial score (nSPS) is 12.4. The molecule has 70 valence electrons. The van der Waals surface area contributed by atoms with Crippen molar-refractivity contribution in [2.24, 2.45) is 11.7 Å². The van der Waals surface area contributed by atoms with Gasteiger partial charge in [-0.1, -0.05) is 49.5 Å². The van der Waals surface area contributed by atoms with Crippen LogP contribution in [0.4, 0.5) is 0 Å². The minimum atomic E-state index is 0.542. The first-order valence-electron chi connectivity index (χ1n) is 4.50. The van der Waals surface area contributed by atoms with Crippen LogP contribution in [0.2, 0.25) is 0 Å². The van der Waals surface area contributed by atoms with Crippen molar-refractivity contribution in [3.05, 3.63) is 35.9 Å². The molecular formula is C11H15NS. The molecule has 0 aliphatic rings. The van der Waals surface area contributed by atoms with Crippen LogP contribution < -0.4 is 5.73 Å². The van der Waals surface area contributed by atoms with Gasteiger partial charge < -0.3 is 5.73 Å². The molecule has 0 amide bonds. The topological polar surface area (TPSA) is 26.0 Å². The number of thiocarbonyl (C=S) groups is 1. The Morgan fingerprint density at radius 3 is 2.54 bits per heavy atom. The molecule has 1 unspecified atom stereocenters. The van der Waals surface area contributed by atoms with Gasteiger partial charge in [0.2, 0.25) is 0 Å². The average molecular weight is 193 g/mol. The largest absolute Gasteiger partial charge is 0.393 e. The maximum atomic E-state index is 5.48. The zero-order chi connectivity index (χ0) is 9.68. The summed E-state index contributed by atoms with van der Waals surface area (Å²) in [6.45, 7) is 2.17. The smallest absolute Gasteiger partial charge is 0.0730 e. The third-order valence-electron chi connectivity index (χ3n) is 1.98. The molecular weight excluding hydrogens is 178 g/mol. The fraction of sp³-hybridized carbons (Fsp3) is 0.364. The highest BCUT2D eigenvalue weighted by Gasteiger charge is 2.04. The summed E-state index contributed by atoms with van der Waals surface area (Å²) in [5.74, 6) is 0.542. The van der Waals surface area contributed by atoms with Gasteiger partial charge in [0.25, 0.3) is 0 Å². The Morgan fingerprint density at radius 1 is 1.38 bits per heavy atom. The van der Waals surface area contributed by atoms with Crippen LogP contribution in [0.3, 0.4) is 0 Å². The van der Waals surface area contributed by atoms with Gasteiger partial charge in [-0.25, -0.2) is 0 Å². The van der Waals surface area contributed by atoms with E-state index >= 15 is 0 Å². The number of benzene rings is 1. The predicted octanol–water partition coefficient (Wildman–Crippen LogP) is 2.54. The van der Waals surface area contributed by atoms with Crippen molar-refractivity contribution in [3.8, 4) is 0 Å². The molecule has 1 rings (SSSR count). The molecule has 0 heterocycles. The summed E-state index contributed by atoms with van der Waals surface area (Å²) in [5.41, 5.74) is 6.83. The average Bonchev–Trinajstić information content (AvgIpc) is 2.04. The van der Waals surface area contributed by atoms with Gasteiger partial charge in [-0.05, 0) is 17.9 Å². The Balaban J connectivity index is 2.45. The summed E-state index contributed by atoms with van der Waals surface area (Å²) in [6.07, 6.45) is 1.89. The SMILES string of the molecule is CC(CC(N)=S)Cc1ccccc1. The fourth-order valence-electron chi connectivity index (χ4n) is 1.43. The Kier molecular flexibility index (Phi) is 3.90. The van der Waals surface area contributed by atoms with Crippen molar-refractivity contribution in [2.45, 2.75) is 19.8 Å². The van der Waals surface area contributed by atoms with Gasteiger partial charge in [0, 0.05) is 6.42 Å². The first-order valence-corrected chi connectivity index (χ1v) is 4.91. The molecule has 0 aliphatic heterocycles. The third kappa shape index (κ3) is 4.04. The van der Waals surface area contributed by atoms with Gasteiger partial charge in [0.15, 0.2) is 0 Å². The van der Waals surface area contributed by atoms with Crippen molar-refractivity contribution >= 4 is 17.2 Å². The molecule has 1 aromatic carbocycles. The predicted molar refractivity (Wildman–Crippen MR) is 60.7 cm³/mol. The van der Waals surface area contributed by atoms with Crippen LogP contribution in [0.1, 0.15) is 18.9 Å². The Labute approximate surface area is 85.0 Å². The zero-order valence-electron chi connectivity index (χ0n) is 7.86. The highest BCUT2D eigenvalue weighted by molar-refractivity contribution is 7.80. The molecule has 2 heteroatoms. The van der Waals surface area contributed by atoms with Gasteiger partial charge in [0.05, 0.1) is 4.99 Å². The second-order valence-electron chi connectivity index (χ2n) is 3.47. The first-order chi connectivity index (χ1) is 6.18. The van der Waals surface area contributed by atoms with E-state index in [-0.39, 0.29) is 0 Å². The second-order valence-corrected chi connectivity index (χ2v) is 3.99. The van der Waals surface area contributed by atoms with Crippen molar-refractivity contribution in [2.75, 3.05) is 0 Å². The lowest BCUT2D eigenvalue weighted by Crippen LogP contribution is -2.13.